The molecule has 9 nitrogen and oxygen atoms in total. The number of anilines is 1. The van der Waals surface area contributed by atoms with Crippen molar-refractivity contribution in [3.8, 4) is 5.75 Å². The van der Waals surface area contributed by atoms with Crippen LogP contribution in [0.1, 0.15) is 43.4 Å². The number of hydrogen-bond donors (Lipinski definition) is 1. The second-order valence-electron chi connectivity index (χ2n) is 11.0. The highest BCUT2D eigenvalue weighted by molar-refractivity contribution is 9.10. The van der Waals surface area contributed by atoms with Crippen LogP contribution >= 0.6 is 15.9 Å². The molecular weight excluding hydrogens is 626 g/mol. The van der Waals surface area contributed by atoms with Crippen LogP contribution in [0.15, 0.2) is 102 Å². The van der Waals surface area contributed by atoms with Crippen LogP contribution in [0.5, 0.6) is 5.75 Å². The Balaban J connectivity index is 1.52. The van der Waals surface area contributed by atoms with E-state index in [2.05, 4.69) is 21.2 Å². The molecule has 10 heteroatoms. The monoisotopic (exact) mass is 649 g/mol. The van der Waals surface area contributed by atoms with Crippen molar-refractivity contribution in [1.82, 2.24) is 4.90 Å². The quantitative estimate of drug-likeness (QED) is 0.147. The molecule has 1 N–H and O–H groups in total. The number of carbonyl (C=O) groups excluding carboxylic acids is 3. The highest BCUT2D eigenvalue weighted by atomic mass is 79.9. The molecule has 44 heavy (non-hydrogen) atoms. The molecule has 7 rings (SSSR count). The number of rotatable bonds is 6. The van der Waals surface area contributed by atoms with E-state index in [9.17, 15) is 24.5 Å². The molecule has 1 fully saturated rings. The average molecular weight is 650 g/mol. The van der Waals surface area contributed by atoms with Crippen molar-refractivity contribution in [2.45, 2.75) is 17.5 Å². The fourth-order valence-electron chi connectivity index (χ4n) is 7.11. The standard InChI is InChI=1S/C34H24BrN3O6/c1-44-27-14-13-21(18-25(27)35)31(40)29-28(30(39)20-8-6-9-22(17-20)38(42)43)34(24-11-4-5-12-26(24)36-33(34)41)32-23-10-3-2-7-19(23)15-16-37(29)32/h2-18,28-29,32H,1H3,(H,36,41)/t28-,29-,32+,34-/m0/s1. The number of non-ortho nitro benzene ring substituents is 1. The molecule has 4 atom stereocenters. The number of para-hydroxylation sites is 1. The maximum absolute atomic E-state index is 14.9. The summed E-state index contributed by atoms with van der Waals surface area (Å²) < 4.78 is 5.92. The molecule has 0 unspecified atom stereocenters. The summed E-state index contributed by atoms with van der Waals surface area (Å²) in [6.45, 7) is 0. The number of fused-ring (bicyclic) bond motifs is 6. The van der Waals surface area contributed by atoms with Crippen LogP contribution in [0.2, 0.25) is 0 Å². The van der Waals surface area contributed by atoms with Gasteiger partial charge in [0.15, 0.2) is 11.6 Å². The number of hydrogen-bond acceptors (Lipinski definition) is 7. The Morgan fingerprint density at radius 1 is 0.955 bits per heavy atom. The fraction of sp³-hybridized carbons (Fsp3) is 0.147. The second kappa shape index (κ2) is 10.3. The third-order valence-electron chi connectivity index (χ3n) is 8.90. The Kier molecular flexibility index (Phi) is 6.47. The number of nitrogens with one attached hydrogen (secondary N) is 1. The van der Waals surface area contributed by atoms with Gasteiger partial charge in [0.1, 0.15) is 17.2 Å². The molecular formula is C34H24BrN3O6. The van der Waals surface area contributed by atoms with Crippen LogP contribution in [0.4, 0.5) is 11.4 Å². The van der Waals surface area contributed by atoms with E-state index in [0.717, 1.165) is 11.1 Å². The fourth-order valence-corrected chi connectivity index (χ4v) is 7.65. The van der Waals surface area contributed by atoms with Gasteiger partial charge in [0.05, 0.1) is 28.5 Å². The molecule has 1 saturated heterocycles. The van der Waals surface area contributed by atoms with Gasteiger partial charge in [0, 0.05) is 35.1 Å². The van der Waals surface area contributed by atoms with E-state index in [1.807, 2.05) is 41.3 Å². The summed E-state index contributed by atoms with van der Waals surface area (Å²) in [7, 11) is 1.52. The number of carbonyl (C=O) groups is 3. The van der Waals surface area contributed by atoms with Gasteiger partial charge in [-0.25, -0.2) is 0 Å². The largest absolute Gasteiger partial charge is 0.496 e. The van der Waals surface area contributed by atoms with Gasteiger partial charge in [-0.1, -0.05) is 54.6 Å². The van der Waals surface area contributed by atoms with Crippen LogP contribution in [0.3, 0.4) is 0 Å². The number of benzene rings is 4. The van der Waals surface area contributed by atoms with Crippen LogP contribution in [0.25, 0.3) is 6.08 Å². The predicted octanol–water partition coefficient (Wildman–Crippen LogP) is 6.35. The first-order chi connectivity index (χ1) is 21.3. The minimum atomic E-state index is -1.54. The number of nitrogens with zero attached hydrogens (tertiary/aromatic N) is 2. The molecule has 4 aromatic carbocycles. The number of ether oxygens (including phenoxy) is 1. The first-order valence-corrected chi connectivity index (χ1v) is 14.7. The van der Waals surface area contributed by atoms with Gasteiger partial charge >= 0.3 is 0 Å². The van der Waals surface area contributed by atoms with Gasteiger partial charge in [-0.15, -0.1) is 0 Å². The predicted molar refractivity (Wildman–Crippen MR) is 167 cm³/mol. The highest BCUT2D eigenvalue weighted by Crippen LogP contribution is 2.62. The lowest BCUT2D eigenvalue weighted by Gasteiger charge is -2.38. The number of nitro groups is 1. The van der Waals surface area contributed by atoms with Gasteiger partial charge < -0.3 is 15.0 Å². The van der Waals surface area contributed by atoms with Crippen LogP contribution in [0, 0.1) is 16.0 Å². The summed E-state index contributed by atoms with van der Waals surface area (Å²) in [5.74, 6) is -2.04. The van der Waals surface area contributed by atoms with E-state index < -0.39 is 40.0 Å². The van der Waals surface area contributed by atoms with Gasteiger partial charge in [-0.2, -0.15) is 0 Å². The average Bonchev–Trinajstić information content (AvgIpc) is 3.52. The van der Waals surface area contributed by atoms with E-state index in [1.54, 1.807) is 42.6 Å². The van der Waals surface area contributed by atoms with E-state index >= 15 is 0 Å². The minimum absolute atomic E-state index is 0.0478. The zero-order chi connectivity index (χ0) is 30.7. The molecule has 3 heterocycles. The Bertz CT molecular complexity index is 1940. The van der Waals surface area contributed by atoms with E-state index in [1.165, 1.54) is 31.4 Å². The first kappa shape index (κ1) is 27.7. The molecule has 3 aliphatic rings. The number of nitro benzene ring substituents is 1. The lowest BCUT2D eigenvalue weighted by Crippen LogP contribution is -2.49. The molecule has 1 amide bonds. The number of ketones is 2. The molecule has 4 aromatic rings. The smallest absolute Gasteiger partial charge is 0.270 e. The second-order valence-corrected chi connectivity index (χ2v) is 11.8. The zero-order valence-electron chi connectivity index (χ0n) is 23.3. The van der Waals surface area contributed by atoms with Gasteiger partial charge in [0.25, 0.3) is 5.69 Å². The molecule has 0 saturated carbocycles. The van der Waals surface area contributed by atoms with Gasteiger partial charge in [0.2, 0.25) is 5.91 Å². The summed E-state index contributed by atoms with van der Waals surface area (Å²) in [6.07, 6.45) is 3.66. The Labute approximate surface area is 260 Å². The molecule has 0 aromatic heterocycles. The molecule has 0 aliphatic carbocycles. The number of Topliss-reactive ketones (excluding diaryl/α,β-unsaturated/α-hetero) is 2. The Morgan fingerprint density at radius 2 is 1.70 bits per heavy atom. The number of amides is 1. The zero-order valence-corrected chi connectivity index (χ0v) is 24.9. The van der Waals surface area contributed by atoms with Crippen LogP contribution < -0.4 is 10.1 Å². The molecule has 1 spiro atoms. The highest BCUT2D eigenvalue weighted by Gasteiger charge is 2.70. The van der Waals surface area contributed by atoms with E-state index in [4.69, 9.17) is 4.74 Å². The van der Waals surface area contributed by atoms with Crippen molar-refractivity contribution in [3.63, 3.8) is 0 Å². The lowest BCUT2D eigenvalue weighted by molar-refractivity contribution is -0.384. The van der Waals surface area contributed by atoms with E-state index in [-0.39, 0.29) is 17.0 Å². The Morgan fingerprint density at radius 3 is 2.48 bits per heavy atom. The summed E-state index contributed by atoms with van der Waals surface area (Å²) in [6, 6.07) is 23.3. The topological polar surface area (TPSA) is 119 Å². The van der Waals surface area contributed by atoms with Crippen molar-refractivity contribution in [2.75, 3.05) is 12.4 Å². The van der Waals surface area contributed by atoms with Crippen molar-refractivity contribution >= 4 is 50.9 Å². The van der Waals surface area contributed by atoms with Crippen molar-refractivity contribution in [2.24, 2.45) is 5.92 Å². The van der Waals surface area contributed by atoms with Crippen molar-refractivity contribution in [1.29, 1.82) is 0 Å². The summed E-state index contributed by atoms with van der Waals surface area (Å²) >= 11 is 3.47. The molecule has 0 bridgehead atoms. The lowest BCUT2D eigenvalue weighted by atomic mass is 9.62. The SMILES string of the molecule is COc1ccc(C(=O)[C@@H]2[C@@H](C(=O)c3cccc([N+](=O)[O-])c3)[C@]3(C(=O)Nc4ccccc43)[C@H]3c4ccccc4C=CN23)cc1Br. The molecule has 218 valence electrons. The third-order valence-corrected chi connectivity index (χ3v) is 9.52. The van der Waals surface area contributed by atoms with Gasteiger partial charge in [-0.05, 0) is 63.0 Å². The van der Waals surface area contributed by atoms with E-state index in [0.29, 0.717) is 27.0 Å². The normalized spacial score (nSPS) is 22.6. The summed E-state index contributed by atoms with van der Waals surface area (Å²) in [5.41, 5.74) is 1.38. The maximum atomic E-state index is 14.9. The van der Waals surface area contributed by atoms with Crippen molar-refractivity contribution < 1.29 is 24.0 Å². The molecule has 3 aliphatic heterocycles. The van der Waals surface area contributed by atoms with Gasteiger partial charge in [-0.3, -0.25) is 24.5 Å². The van der Waals surface area contributed by atoms with Crippen molar-refractivity contribution in [3.05, 3.63) is 140 Å². The summed E-state index contributed by atoms with van der Waals surface area (Å²) in [4.78, 5) is 57.1. The maximum Gasteiger partial charge on any atom is 0.270 e. The number of halogens is 1. The van der Waals surface area contributed by atoms with Crippen LogP contribution in [-0.4, -0.2) is 40.4 Å². The third kappa shape index (κ3) is 3.87. The number of methoxy groups -OCH3 is 1. The first-order valence-electron chi connectivity index (χ1n) is 13.9. The molecule has 0 radical (unpaired) electrons. The summed E-state index contributed by atoms with van der Waals surface area (Å²) in [5, 5.41) is 14.7. The minimum Gasteiger partial charge on any atom is -0.496 e. The Hall–Kier alpha value is -5.09. The van der Waals surface area contributed by atoms with Crippen LogP contribution in [-0.2, 0) is 10.2 Å².